The van der Waals surface area contributed by atoms with Gasteiger partial charge in [-0.2, -0.15) is 0 Å². The topological polar surface area (TPSA) is 174 Å². The number of amides is 3. The quantitative estimate of drug-likeness (QED) is 0.257. The van der Waals surface area contributed by atoms with E-state index in [-0.39, 0.29) is 18.5 Å². The average Bonchev–Trinajstić information content (AvgIpc) is 3.03. The van der Waals surface area contributed by atoms with Gasteiger partial charge < -0.3 is 31.5 Å². The van der Waals surface area contributed by atoms with Crippen molar-refractivity contribution in [3.63, 3.8) is 0 Å². The predicted molar refractivity (Wildman–Crippen MR) is 78.9 cm³/mol. The number of nitrogens with one attached hydrogen (secondary N) is 4. The number of carboxylic acid groups (broad SMARTS) is 2. The Labute approximate surface area is 137 Å². The molecule has 1 aliphatic rings. The predicted octanol–water partition coefficient (Wildman–Crippen LogP) is -2.99. The largest absolute Gasteiger partial charge is 0.481 e. The van der Waals surface area contributed by atoms with Crippen LogP contribution in [-0.2, 0) is 24.0 Å². The molecule has 1 fully saturated rings. The minimum Gasteiger partial charge on any atom is -0.481 e. The molecule has 11 nitrogen and oxygen atoms in total. The lowest BCUT2D eigenvalue weighted by Crippen LogP contribution is -2.48. The van der Waals surface area contributed by atoms with Crippen LogP contribution in [0.1, 0.15) is 19.3 Å². The fraction of sp³-hybridized carbons (Fsp3) is 0.615. The summed E-state index contributed by atoms with van der Waals surface area (Å²) in [4.78, 5) is 56.0. The van der Waals surface area contributed by atoms with Gasteiger partial charge >= 0.3 is 11.9 Å². The third-order valence-corrected chi connectivity index (χ3v) is 3.26. The van der Waals surface area contributed by atoms with Crippen molar-refractivity contribution in [1.82, 2.24) is 21.3 Å². The van der Waals surface area contributed by atoms with Crippen LogP contribution in [0.25, 0.3) is 0 Å². The molecule has 0 aromatic rings. The Morgan fingerprint density at radius 3 is 2.25 bits per heavy atom. The van der Waals surface area contributed by atoms with E-state index in [4.69, 9.17) is 10.2 Å². The van der Waals surface area contributed by atoms with E-state index in [1.807, 2.05) is 5.32 Å². The number of aliphatic carboxylic acids is 2. The molecule has 1 saturated heterocycles. The summed E-state index contributed by atoms with van der Waals surface area (Å²) in [5, 5.41) is 26.9. The van der Waals surface area contributed by atoms with Crippen LogP contribution in [0.2, 0.25) is 0 Å². The summed E-state index contributed by atoms with van der Waals surface area (Å²) >= 11 is 0. The van der Waals surface area contributed by atoms with E-state index in [9.17, 15) is 24.0 Å². The van der Waals surface area contributed by atoms with E-state index in [0.29, 0.717) is 6.42 Å². The van der Waals surface area contributed by atoms with Gasteiger partial charge in [0.25, 0.3) is 0 Å². The van der Waals surface area contributed by atoms with Crippen molar-refractivity contribution in [3.05, 3.63) is 0 Å². The Kier molecular flexibility index (Phi) is 7.62. The Morgan fingerprint density at radius 2 is 1.71 bits per heavy atom. The SMILES string of the molecule is O=C(O)CC(NC(=O)CNC(=O)CNC(=O)C1CCCN1)C(=O)O. The first-order valence-electron chi connectivity index (χ1n) is 7.31. The average molecular weight is 344 g/mol. The maximum absolute atomic E-state index is 11.7. The zero-order chi connectivity index (χ0) is 18.1. The van der Waals surface area contributed by atoms with Gasteiger partial charge in [0.15, 0.2) is 0 Å². The van der Waals surface area contributed by atoms with Crippen LogP contribution in [0.4, 0.5) is 0 Å². The molecule has 1 rings (SSSR count). The Hall–Kier alpha value is -2.69. The summed E-state index contributed by atoms with van der Waals surface area (Å²) in [5.74, 6) is -4.65. The summed E-state index contributed by atoms with van der Waals surface area (Å²) in [5.41, 5.74) is 0. The zero-order valence-corrected chi connectivity index (χ0v) is 12.8. The van der Waals surface area contributed by atoms with Crippen LogP contribution in [-0.4, -0.2) is 71.6 Å². The molecular weight excluding hydrogens is 324 g/mol. The number of carbonyl (C=O) groups excluding carboxylic acids is 3. The molecule has 3 amide bonds. The molecule has 24 heavy (non-hydrogen) atoms. The molecule has 6 N–H and O–H groups in total. The van der Waals surface area contributed by atoms with Gasteiger partial charge in [-0.3, -0.25) is 19.2 Å². The highest BCUT2D eigenvalue weighted by atomic mass is 16.4. The van der Waals surface area contributed by atoms with Crippen LogP contribution in [0.5, 0.6) is 0 Å². The number of rotatable bonds is 9. The zero-order valence-electron chi connectivity index (χ0n) is 12.8. The van der Waals surface area contributed by atoms with Crippen molar-refractivity contribution < 1.29 is 34.2 Å². The molecule has 1 aliphatic heterocycles. The van der Waals surface area contributed by atoms with Gasteiger partial charge in [0, 0.05) is 0 Å². The van der Waals surface area contributed by atoms with Gasteiger partial charge in [0.1, 0.15) is 6.04 Å². The van der Waals surface area contributed by atoms with Gasteiger partial charge in [0.05, 0.1) is 25.6 Å². The molecule has 0 bridgehead atoms. The van der Waals surface area contributed by atoms with Gasteiger partial charge in [-0.25, -0.2) is 4.79 Å². The number of hydrogen-bond acceptors (Lipinski definition) is 6. The smallest absolute Gasteiger partial charge is 0.326 e. The molecule has 0 radical (unpaired) electrons. The van der Waals surface area contributed by atoms with Crippen molar-refractivity contribution >= 4 is 29.7 Å². The molecule has 0 aromatic carbocycles. The van der Waals surface area contributed by atoms with Gasteiger partial charge in [-0.15, -0.1) is 0 Å². The van der Waals surface area contributed by atoms with E-state index in [1.165, 1.54) is 0 Å². The highest BCUT2D eigenvalue weighted by molar-refractivity contribution is 5.91. The summed E-state index contributed by atoms with van der Waals surface area (Å²) < 4.78 is 0. The van der Waals surface area contributed by atoms with E-state index in [0.717, 1.165) is 13.0 Å². The first-order valence-corrected chi connectivity index (χ1v) is 7.31. The van der Waals surface area contributed by atoms with E-state index in [1.54, 1.807) is 0 Å². The maximum atomic E-state index is 11.7. The van der Waals surface area contributed by atoms with Crippen LogP contribution in [0, 0.1) is 0 Å². The molecule has 0 aliphatic carbocycles. The lowest BCUT2D eigenvalue weighted by atomic mass is 10.2. The number of carbonyl (C=O) groups is 5. The van der Waals surface area contributed by atoms with E-state index in [2.05, 4.69) is 16.0 Å². The van der Waals surface area contributed by atoms with Crippen molar-refractivity contribution in [1.29, 1.82) is 0 Å². The lowest BCUT2D eigenvalue weighted by molar-refractivity contribution is -0.147. The van der Waals surface area contributed by atoms with Crippen molar-refractivity contribution in [2.24, 2.45) is 0 Å². The van der Waals surface area contributed by atoms with Gasteiger partial charge in [-0.1, -0.05) is 0 Å². The Morgan fingerprint density at radius 1 is 1.04 bits per heavy atom. The summed E-state index contributed by atoms with van der Waals surface area (Å²) in [7, 11) is 0. The van der Waals surface area contributed by atoms with Crippen LogP contribution < -0.4 is 21.3 Å². The second-order valence-corrected chi connectivity index (χ2v) is 5.20. The molecule has 11 heteroatoms. The van der Waals surface area contributed by atoms with Crippen molar-refractivity contribution in [2.45, 2.75) is 31.3 Å². The maximum Gasteiger partial charge on any atom is 0.326 e. The summed E-state index contributed by atoms with van der Waals surface area (Å²) in [6.45, 7) is -0.104. The van der Waals surface area contributed by atoms with Gasteiger partial charge in [0.2, 0.25) is 17.7 Å². The molecule has 2 unspecified atom stereocenters. The molecule has 2 atom stereocenters. The van der Waals surface area contributed by atoms with E-state index >= 15 is 0 Å². The monoisotopic (exact) mass is 344 g/mol. The normalized spacial score (nSPS) is 17.6. The molecule has 0 spiro atoms. The highest BCUT2D eigenvalue weighted by Gasteiger charge is 2.24. The molecule has 134 valence electrons. The lowest BCUT2D eigenvalue weighted by Gasteiger charge is -2.13. The first-order chi connectivity index (χ1) is 11.3. The third-order valence-electron chi connectivity index (χ3n) is 3.26. The second kappa shape index (κ2) is 9.45. The minimum absolute atomic E-state index is 0.306. The Balaban J connectivity index is 2.27. The highest BCUT2D eigenvalue weighted by Crippen LogP contribution is 2.03. The van der Waals surface area contributed by atoms with Crippen molar-refractivity contribution in [3.8, 4) is 0 Å². The minimum atomic E-state index is -1.58. The molecule has 0 aromatic heterocycles. The Bertz CT molecular complexity index is 516. The van der Waals surface area contributed by atoms with Crippen molar-refractivity contribution in [2.75, 3.05) is 19.6 Å². The second-order valence-electron chi connectivity index (χ2n) is 5.20. The van der Waals surface area contributed by atoms with Crippen LogP contribution in [0.3, 0.4) is 0 Å². The first kappa shape index (κ1) is 19.4. The van der Waals surface area contributed by atoms with Crippen LogP contribution >= 0.6 is 0 Å². The molecular formula is C13H20N4O7. The number of hydrogen-bond donors (Lipinski definition) is 6. The van der Waals surface area contributed by atoms with Gasteiger partial charge in [-0.05, 0) is 19.4 Å². The fourth-order valence-electron chi connectivity index (χ4n) is 2.06. The molecule has 0 saturated carbocycles. The standard InChI is InChI=1S/C13H20N4O7/c18-9(5-16-12(22)7-2-1-3-14-7)15-6-10(19)17-8(13(23)24)4-11(20)21/h7-8,14H,1-6H2,(H,15,18)(H,16,22)(H,17,19)(H,20,21)(H,23,24). The molecule has 1 heterocycles. The fourth-order valence-corrected chi connectivity index (χ4v) is 2.06. The summed E-state index contributed by atoms with van der Waals surface area (Å²) in [6, 6.07) is -1.91. The third kappa shape index (κ3) is 7.05. The number of carboxylic acids is 2. The van der Waals surface area contributed by atoms with Crippen LogP contribution in [0.15, 0.2) is 0 Å². The van der Waals surface area contributed by atoms with E-state index < -0.39 is 42.8 Å². The summed E-state index contributed by atoms with van der Waals surface area (Å²) in [6.07, 6.45) is 0.793.